The zero-order chi connectivity index (χ0) is 11.4. The van der Waals surface area contributed by atoms with Crippen LogP contribution in [0.4, 0.5) is 5.95 Å². The first-order valence-electron chi connectivity index (χ1n) is 5.67. The second-order valence-corrected chi connectivity index (χ2v) is 4.03. The standard InChI is InChI=1S/C12H17N3O/c1-2-3-10-8-13-12(14-9-10)15-6-4-11(16)5-7-15/h2-3,8-9,11,16H,4-7H2,1H3/b3-2+. The van der Waals surface area contributed by atoms with Crippen molar-refractivity contribution >= 4 is 12.0 Å². The Kier molecular flexibility index (Phi) is 3.51. The lowest BCUT2D eigenvalue weighted by Crippen LogP contribution is -2.36. The number of rotatable bonds is 2. The van der Waals surface area contributed by atoms with Gasteiger partial charge in [-0.05, 0) is 19.8 Å². The number of hydrogen-bond donors (Lipinski definition) is 1. The van der Waals surface area contributed by atoms with Crippen LogP contribution in [-0.4, -0.2) is 34.3 Å². The topological polar surface area (TPSA) is 49.2 Å². The van der Waals surface area contributed by atoms with Crippen molar-refractivity contribution in [1.82, 2.24) is 9.97 Å². The first kappa shape index (κ1) is 11.1. The highest BCUT2D eigenvalue weighted by Gasteiger charge is 2.18. The molecule has 1 aliphatic rings. The number of hydrogen-bond acceptors (Lipinski definition) is 4. The fourth-order valence-electron chi connectivity index (χ4n) is 1.84. The predicted molar refractivity (Wildman–Crippen MR) is 64.2 cm³/mol. The van der Waals surface area contributed by atoms with Gasteiger partial charge in [0, 0.05) is 31.0 Å². The van der Waals surface area contributed by atoms with Gasteiger partial charge in [0.25, 0.3) is 0 Å². The summed E-state index contributed by atoms with van der Waals surface area (Å²) in [5, 5.41) is 9.41. The van der Waals surface area contributed by atoms with E-state index in [-0.39, 0.29) is 6.10 Å². The molecule has 0 atom stereocenters. The lowest BCUT2D eigenvalue weighted by atomic mass is 10.1. The fraction of sp³-hybridized carbons (Fsp3) is 0.500. The largest absolute Gasteiger partial charge is 0.393 e. The van der Waals surface area contributed by atoms with Crippen molar-refractivity contribution in [2.45, 2.75) is 25.9 Å². The van der Waals surface area contributed by atoms with Crippen molar-refractivity contribution in [1.29, 1.82) is 0 Å². The maximum absolute atomic E-state index is 9.41. The zero-order valence-electron chi connectivity index (χ0n) is 9.50. The van der Waals surface area contributed by atoms with Crippen molar-refractivity contribution in [3.8, 4) is 0 Å². The molecule has 1 fully saturated rings. The van der Waals surface area contributed by atoms with Gasteiger partial charge in [0.15, 0.2) is 0 Å². The summed E-state index contributed by atoms with van der Waals surface area (Å²) in [6, 6.07) is 0. The van der Waals surface area contributed by atoms with Gasteiger partial charge in [-0.3, -0.25) is 0 Å². The van der Waals surface area contributed by atoms with E-state index in [9.17, 15) is 5.11 Å². The molecule has 0 bridgehead atoms. The summed E-state index contributed by atoms with van der Waals surface area (Å²) < 4.78 is 0. The molecule has 0 aromatic carbocycles. The minimum atomic E-state index is -0.154. The molecule has 1 aliphatic heterocycles. The highest BCUT2D eigenvalue weighted by atomic mass is 16.3. The average Bonchev–Trinajstić information content (AvgIpc) is 2.32. The van der Waals surface area contributed by atoms with Crippen LogP contribution in [0.2, 0.25) is 0 Å². The van der Waals surface area contributed by atoms with Crippen LogP contribution >= 0.6 is 0 Å². The van der Waals surface area contributed by atoms with Crippen molar-refractivity contribution in [3.05, 3.63) is 24.0 Å². The SMILES string of the molecule is C/C=C/c1cnc(N2CCC(O)CC2)nc1. The number of nitrogens with zero attached hydrogens (tertiary/aromatic N) is 3. The molecule has 1 saturated heterocycles. The van der Waals surface area contributed by atoms with E-state index in [1.807, 2.05) is 31.5 Å². The fourth-order valence-corrected chi connectivity index (χ4v) is 1.84. The highest BCUT2D eigenvalue weighted by Crippen LogP contribution is 2.15. The van der Waals surface area contributed by atoms with Gasteiger partial charge < -0.3 is 10.0 Å². The van der Waals surface area contributed by atoms with Gasteiger partial charge in [0.2, 0.25) is 5.95 Å². The summed E-state index contributed by atoms with van der Waals surface area (Å²) in [5.74, 6) is 0.764. The van der Waals surface area contributed by atoms with Gasteiger partial charge in [-0.15, -0.1) is 0 Å². The van der Waals surface area contributed by atoms with E-state index in [0.717, 1.165) is 37.4 Å². The average molecular weight is 219 g/mol. The summed E-state index contributed by atoms with van der Waals surface area (Å²) in [7, 11) is 0. The molecule has 0 aliphatic carbocycles. The van der Waals surface area contributed by atoms with Crippen LogP contribution in [0.1, 0.15) is 25.3 Å². The van der Waals surface area contributed by atoms with Crippen LogP contribution in [0.25, 0.3) is 6.08 Å². The molecule has 2 rings (SSSR count). The number of piperidine rings is 1. The molecule has 0 unspecified atom stereocenters. The first-order valence-corrected chi connectivity index (χ1v) is 5.67. The Morgan fingerprint density at radius 3 is 2.50 bits per heavy atom. The Bertz CT molecular complexity index is 353. The second-order valence-electron chi connectivity index (χ2n) is 4.03. The van der Waals surface area contributed by atoms with Gasteiger partial charge in [0.05, 0.1) is 6.10 Å². The van der Waals surface area contributed by atoms with Crippen molar-refractivity contribution in [2.24, 2.45) is 0 Å². The van der Waals surface area contributed by atoms with Crippen molar-refractivity contribution < 1.29 is 5.11 Å². The summed E-state index contributed by atoms with van der Waals surface area (Å²) in [6.45, 7) is 3.65. The number of anilines is 1. The Morgan fingerprint density at radius 1 is 1.31 bits per heavy atom. The molecule has 0 saturated carbocycles. The number of allylic oxidation sites excluding steroid dienone is 1. The van der Waals surface area contributed by atoms with Crippen molar-refractivity contribution in [3.63, 3.8) is 0 Å². The molecule has 1 aromatic rings. The summed E-state index contributed by atoms with van der Waals surface area (Å²) in [5.41, 5.74) is 1.02. The van der Waals surface area contributed by atoms with Crippen LogP contribution < -0.4 is 4.90 Å². The van der Waals surface area contributed by atoms with Gasteiger partial charge in [-0.2, -0.15) is 0 Å². The predicted octanol–water partition coefficient (Wildman–Crippen LogP) is 1.47. The number of aromatic nitrogens is 2. The third-order valence-corrected chi connectivity index (χ3v) is 2.76. The third kappa shape index (κ3) is 2.58. The normalized spacial score (nSPS) is 18.2. The smallest absolute Gasteiger partial charge is 0.225 e. The summed E-state index contributed by atoms with van der Waals surface area (Å²) in [4.78, 5) is 10.8. The van der Waals surface area contributed by atoms with Crippen LogP contribution in [0.5, 0.6) is 0 Å². The van der Waals surface area contributed by atoms with E-state index in [1.165, 1.54) is 0 Å². The number of aliphatic hydroxyl groups excluding tert-OH is 1. The molecule has 0 amide bonds. The molecular weight excluding hydrogens is 202 g/mol. The Hall–Kier alpha value is -1.42. The molecule has 0 spiro atoms. The van der Waals surface area contributed by atoms with Crippen LogP contribution in [0.3, 0.4) is 0 Å². The molecule has 16 heavy (non-hydrogen) atoms. The van der Waals surface area contributed by atoms with E-state index >= 15 is 0 Å². The minimum Gasteiger partial charge on any atom is -0.393 e. The quantitative estimate of drug-likeness (QED) is 0.818. The molecule has 1 aromatic heterocycles. The Balaban J connectivity index is 2.04. The van der Waals surface area contributed by atoms with Gasteiger partial charge in [0.1, 0.15) is 0 Å². The third-order valence-electron chi connectivity index (χ3n) is 2.76. The van der Waals surface area contributed by atoms with E-state index in [0.29, 0.717) is 0 Å². The second kappa shape index (κ2) is 5.07. The lowest BCUT2D eigenvalue weighted by Gasteiger charge is -2.29. The van der Waals surface area contributed by atoms with E-state index in [1.54, 1.807) is 0 Å². The van der Waals surface area contributed by atoms with Crippen molar-refractivity contribution in [2.75, 3.05) is 18.0 Å². The molecule has 2 heterocycles. The monoisotopic (exact) mass is 219 g/mol. The van der Waals surface area contributed by atoms with E-state index in [4.69, 9.17) is 0 Å². The summed E-state index contributed by atoms with van der Waals surface area (Å²) in [6.07, 6.45) is 9.05. The molecule has 4 heteroatoms. The van der Waals surface area contributed by atoms with Gasteiger partial charge >= 0.3 is 0 Å². The number of aliphatic hydroxyl groups is 1. The first-order chi connectivity index (χ1) is 7.79. The highest BCUT2D eigenvalue weighted by molar-refractivity contribution is 5.47. The maximum Gasteiger partial charge on any atom is 0.225 e. The van der Waals surface area contributed by atoms with Crippen LogP contribution in [0.15, 0.2) is 18.5 Å². The van der Waals surface area contributed by atoms with Crippen LogP contribution in [-0.2, 0) is 0 Å². The molecule has 4 nitrogen and oxygen atoms in total. The van der Waals surface area contributed by atoms with Gasteiger partial charge in [-0.25, -0.2) is 9.97 Å². The molecule has 0 radical (unpaired) electrons. The van der Waals surface area contributed by atoms with E-state index in [2.05, 4.69) is 14.9 Å². The molecule has 1 N–H and O–H groups in total. The lowest BCUT2D eigenvalue weighted by molar-refractivity contribution is 0.145. The zero-order valence-corrected chi connectivity index (χ0v) is 9.50. The Morgan fingerprint density at radius 2 is 1.94 bits per heavy atom. The van der Waals surface area contributed by atoms with E-state index < -0.39 is 0 Å². The summed E-state index contributed by atoms with van der Waals surface area (Å²) >= 11 is 0. The maximum atomic E-state index is 9.41. The van der Waals surface area contributed by atoms with Crippen LogP contribution in [0, 0.1) is 0 Å². The minimum absolute atomic E-state index is 0.154. The Labute approximate surface area is 95.6 Å². The molecular formula is C12H17N3O. The van der Waals surface area contributed by atoms with Gasteiger partial charge in [-0.1, -0.05) is 12.2 Å². The molecule has 86 valence electrons.